The third-order valence-electron chi connectivity index (χ3n) is 11.4. The molecule has 10 N–H and O–H groups in total. The van der Waals surface area contributed by atoms with Gasteiger partial charge in [0.15, 0.2) is 0 Å². The lowest BCUT2D eigenvalue weighted by atomic mass is 10.1. The van der Waals surface area contributed by atoms with Crippen LogP contribution in [0.15, 0.2) is 0 Å². The minimum absolute atomic E-state index is 0.0133. The van der Waals surface area contributed by atoms with E-state index in [0.29, 0.717) is 39.1 Å². The van der Waals surface area contributed by atoms with Crippen LogP contribution in [0.25, 0.3) is 0 Å². The summed E-state index contributed by atoms with van der Waals surface area (Å²) in [6.45, 7) is 5.87. The Balaban J connectivity index is 4.82. The largest absolute Gasteiger partial charge is 0.394 e. The van der Waals surface area contributed by atoms with Crippen molar-refractivity contribution in [1.82, 2.24) is 9.80 Å². The Morgan fingerprint density at radius 3 is 0.933 bits per heavy atom. The minimum Gasteiger partial charge on any atom is -0.394 e. The van der Waals surface area contributed by atoms with Gasteiger partial charge in [-0.05, 0) is 38.8 Å². The summed E-state index contributed by atoms with van der Waals surface area (Å²) in [5.41, 5.74) is 0. The molecule has 0 aromatic heterocycles. The number of ether oxygens (including phenoxy) is 2. The normalized spacial score (nSPS) is 16.3. The second-order valence-electron chi connectivity index (χ2n) is 17.4. The molecule has 0 aliphatic carbocycles. The predicted octanol–water partition coefficient (Wildman–Crippen LogP) is 3.90. The maximum Gasteiger partial charge on any atom is 0.109 e. The smallest absolute Gasteiger partial charge is 0.109 e. The number of nitrogens with zero attached hydrogens (tertiary/aromatic N) is 2. The van der Waals surface area contributed by atoms with Crippen LogP contribution in [-0.2, 0) is 9.47 Å². The highest BCUT2D eigenvalue weighted by Gasteiger charge is 2.28. The van der Waals surface area contributed by atoms with E-state index in [1.807, 2.05) is 9.80 Å². The second-order valence-corrected chi connectivity index (χ2v) is 17.4. The van der Waals surface area contributed by atoms with E-state index in [1.54, 1.807) is 0 Å². The molecule has 8 atom stereocenters. The van der Waals surface area contributed by atoms with Crippen LogP contribution in [0.5, 0.6) is 0 Å². The molecule has 8 unspecified atom stereocenters. The van der Waals surface area contributed by atoms with Crippen LogP contribution in [0.1, 0.15) is 168 Å². The van der Waals surface area contributed by atoms with Gasteiger partial charge in [-0.2, -0.15) is 0 Å². The van der Waals surface area contributed by atoms with Gasteiger partial charge in [0.2, 0.25) is 0 Å². The van der Waals surface area contributed by atoms with Crippen molar-refractivity contribution >= 4 is 0 Å². The van der Waals surface area contributed by atoms with Crippen LogP contribution in [-0.4, -0.2) is 189 Å². The van der Waals surface area contributed by atoms with Gasteiger partial charge >= 0.3 is 0 Å². The van der Waals surface area contributed by atoms with Crippen LogP contribution in [0, 0.1) is 0 Å². The SMILES string of the molecule is CCCCCCCCCCCCOCC(O)CN(CCCCCCN(CC(O)COCCCCCCCCCCCC)CC(O)C(O)C(O)CO)CC(O)C(O)C(O)CO. The van der Waals surface area contributed by atoms with Crippen molar-refractivity contribution in [2.24, 2.45) is 0 Å². The Labute approximate surface area is 365 Å². The topological polar surface area (TPSA) is 227 Å². The van der Waals surface area contributed by atoms with E-state index in [-0.39, 0.29) is 39.4 Å². The van der Waals surface area contributed by atoms with Gasteiger partial charge in [-0.1, -0.05) is 142 Å². The Morgan fingerprint density at radius 1 is 0.350 bits per heavy atom. The summed E-state index contributed by atoms with van der Waals surface area (Å²) in [7, 11) is 0. The molecule has 60 heavy (non-hydrogen) atoms. The Bertz CT molecular complexity index is 815. The zero-order chi connectivity index (χ0) is 44.6. The predicted molar refractivity (Wildman–Crippen MR) is 239 cm³/mol. The molecule has 0 rings (SSSR count). The monoisotopic (exact) mass is 869 g/mol. The second kappa shape index (κ2) is 42.4. The Morgan fingerprint density at radius 2 is 0.633 bits per heavy atom. The third kappa shape index (κ3) is 34.9. The van der Waals surface area contributed by atoms with E-state index in [4.69, 9.17) is 9.47 Å². The first-order chi connectivity index (χ1) is 29.0. The van der Waals surface area contributed by atoms with Crippen molar-refractivity contribution in [2.75, 3.05) is 78.9 Å². The molecule has 0 amide bonds. The number of hydrogen-bond donors (Lipinski definition) is 10. The molecule has 0 aliphatic rings. The summed E-state index contributed by atoms with van der Waals surface area (Å²) in [6, 6.07) is 0. The number of rotatable bonds is 47. The third-order valence-corrected chi connectivity index (χ3v) is 11.4. The van der Waals surface area contributed by atoms with Crippen molar-refractivity contribution in [3.05, 3.63) is 0 Å². The quantitative estimate of drug-likeness (QED) is 0.0392. The summed E-state index contributed by atoms with van der Waals surface area (Å²) < 4.78 is 11.5. The number of aliphatic hydroxyl groups excluding tert-OH is 10. The molecule has 14 nitrogen and oxygen atoms in total. The molecule has 362 valence electrons. The fourth-order valence-corrected chi connectivity index (χ4v) is 7.54. The van der Waals surface area contributed by atoms with Crippen LogP contribution in [0.4, 0.5) is 0 Å². The van der Waals surface area contributed by atoms with Crippen molar-refractivity contribution in [3.63, 3.8) is 0 Å². The molecular formula is C46H96N2O12. The van der Waals surface area contributed by atoms with Crippen molar-refractivity contribution < 1.29 is 60.5 Å². The van der Waals surface area contributed by atoms with Crippen molar-refractivity contribution in [3.8, 4) is 0 Å². The van der Waals surface area contributed by atoms with Gasteiger partial charge in [-0.25, -0.2) is 0 Å². The Kier molecular flexibility index (Phi) is 42.0. The zero-order valence-corrected chi connectivity index (χ0v) is 38.3. The van der Waals surface area contributed by atoms with E-state index >= 15 is 0 Å². The van der Waals surface area contributed by atoms with E-state index in [0.717, 1.165) is 38.5 Å². The lowest BCUT2D eigenvalue weighted by Crippen LogP contribution is -2.48. The summed E-state index contributed by atoms with van der Waals surface area (Å²) in [6.07, 6.45) is 17.2. The van der Waals surface area contributed by atoms with Crippen molar-refractivity contribution in [1.29, 1.82) is 0 Å². The molecule has 0 radical (unpaired) electrons. The number of aliphatic hydroxyl groups is 10. The summed E-state index contributed by atoms with van der Waals surface area (Å²) >= 11 is 0. The highest BCUT2D eigenvalue weighted by molar-refractivity contribution is 4.80. The lowest BCUT2D eigenvalue weighted by Gasteiger charge is -2.30. The molecule has 0 heterocycles. The molecule has 0 saturated carbocycles. The summed E-state index contributed by atoms with van der Waals surface area (Å²) in [5.74, 6) is 0. The Hall–Kier alpha value is -0.560. The fraction of sp³-hybridized carbons (Fsp3) is 1.00. The van der Waals surface area contributed by atoms with Crippen LogP contribution in [0.3, 0.4) is 0 Å². The summed E-state index contributed by atoms with van der Waals surface area (Å²) in [4.78, 5) is 3.66. The molecule has 0 spiro atoms. The maximum atomic E-state index is 10.8. The number of hydrogen-bond acceptors (Lipinski definition) is 14. The molecule has 14 heteroatoms. The zero-order valence-electron chi connectivity index (χ0n) is 38.3. The molecule has 0 fully saturated rings. The van der Waals surface area contributed by atoms with Gasteiger partial charge in [0.05, 0.1) is 50.8 Å². The highest BCUT2D eigenvalue weighted by Crippen LogP contribution is 2.14. The first-order valence-corrected chi connectivity index (χ1v) is 24.3. The first kappa shape index (κ1) is 59.4. The van der Waals surface area contributed by atoms with E-state index < -0.39 is 62.0 Å². The molecule has 0 bridgehead atoms. The lowest BCUT2D eigenvalue weighted by molar-refractivity contribution is -0.0876. The highest BCUT2D eigenvalue weighted by atomic mass is 16.5. The standard InChI is InChI=1S/C46H96N2O12/c1-3-5-7-9-11-13-15-17-21-25-29-59-37-39(51)31-47(33-41(53)45(57)43(55)35-49)27-23-19-20-24-28-48(34-42(54)46(58)44(56)36-50)32-40(52)38-60-30-26-22-18-16-14-12-10-8-6-4-2/h39-46,49-58H,3-38H2,1-2H3. The minimum atomic E-state index is -1.54. The van der Waals surface area contributed by atoms with Gasteiger partial charge in [-0.3, -0.25) is 9.80 Å². The maximum absolute atomic E-state index is 10.8. The van der Waals surface area contributed by atoms with Crippen LogP contribution in [0.2, 0.25) is 0 Å². The van der Waals surface area contributed by atoms with Crippen LogP contribution < -0.4 is 0 Å². The first-order valence-electron chi connectivity index (χ1n) is 24.3. The van der Waals surface area contributed by atoms with E-state index in [1.165, 1.54) is 103 Å². The van der Waals surface area contributed by atoms with E-state index in [9.17, 15) is 51.1 Å². The molecular weight excluding hydrogens is 773 g/mol. The van der Waals surface area contributed by atoms with E-state index in [2.05, 4.69) is 13.8 Å². The summed E-state index contributed by atoms with van der Waals surface area (Å²) in [5, 5.41) is 101. The average Bonchev–Trinajstić information content (AvgIpc) is 3.24. The molecule has 0 saturated heterocycles. The fourth-order valence-electron chi connectivity index (χ4n) is 7.54. The number of unbranched alkanes of at least 4 members (excludes halogenated alkanes) is 21. The molecule has 0 aliphatic heterocycles. The van der Waals surface area contributed by atoms with Gasteiger partial charge < -0.3 is 60.5 Å². The molecule has 0 aromatic rings. The average molecular weight is 869 g/mol. The molecule has 0 aromatic carbocycles. The van der Waals surface area contributed by atoms with Gasteiger partial charge in [0, 0.05) is 39.4 Å². The van der Waals surface area contributed by atoms with Crippen LogP contribution >= 0.6 is 0 Å². The van der Waals surface area contributed by atoms with Gasteiger partial charge in [0.1, 0.15) is 24.4 Å². The van der Waals surface area contributed by atoms with Gasteiger partial charge in [0.25, 0.3) is 0 Å². The van der Waals surface area contributed by atoms with Crippen molar-refractivity contribution in [2.45, 2.75) is 217 Å². The van der Waals surface area contributed by atoms with Gasteiger partial charge in [-0.15, -0.1) is 0 Å².